The second-order valence-electron chi connectivity index (χ2n) is 15.9. The van der Waals surface area contributed by atoms with Gasteiger partial charge >= 0.3 is 0 Å². The van der Waals surface area contributed by atoms with Crippen molar-refractivity contribution in [3.05, 3.63) is 200 Å². The van der Waals surface area contributed by atoms with Crippen LogP contribution in [0.15, 0.2) is 209 Å². The van der Waals surface area contributed by atoms with Crippen LogP contribution in [0, 0.1) is 0 Å². The Morgan fingerprint density at radius 3 is 1.58 bits per heavy atom. The van der Waals surface area contributed by atoms with E-state index in [9.17, 15) is 0 Å². The Morgan fingerprint density at radius 2 is 0.790 bits per heavy atom. The fourth-order valence-electron chi connectivity index (χ4n) is 9.29. The highest BCUT2D eigenvalue weighted by Crippen LogP contribution is 2.42. The van der Waals surface area contributed by atoms with E-state index in [1.807, 2.05) is 30.3 Å². The van der Waals surface area contributed by atoms with Crippen molar-refractivity contribution in [3.8, 4) is 56.4 Å². The Bertz CT molecular complexity index is 3940. The molecule has 0 atom stereocenters. The van der Waals surface area contributed by atoms with Crippen LogP contribution in [0.4, 0.5) is 0 Å². The Kier molecular flexibility index (Phi) is 7.54. The number of hydrogen-bond acceptors (Lipinski definition) is 5. The van der Waals surface area contributed by atoms with Gasteiger partial charge in [0.15, 0.2) is 17.5 Å². The number of para-hydroxylation sites is 2. The number of hydrogen-bond donors (Lipinski definition) is 0. The van der Waals surface area contributed by atoms with Crippen molar-refractivity contribution in [2.24, 2.45) is 0 Å². The van der Waals surface area contributed by atoms with E-state index in [-0.39, 0.29) is 0 Å². The summed E-state index contributed by atoms with van der Waals surface area (Å²) in [6, 6.07) is 70.0. The molecule has 0 aliphatic heterocycles. The number of fused-ring (bicyclic) bond motifs is 10. The molecule has 0 radical (unpaired) electrons. The van der Waals surface area contributed by atoms with Gasteiger partial charge < -0.3 is 8.83 Å². The van der Waals surface area contributed by atoms with E-state index in [2.05, 4.69) is 170 Å². The quantitative estimate of drug-likeness (QED) is 0.174. The summed E-state index contributed by atoms with van der Waals surface area (Å²) in [5, 5.41) is 11.2. The van der Waals surface area contributed by atoms with Gasteiger partial charge in [-0.2, -0.15) is 0 Å². The molecule has 0 bridgehead atoms. The highest BCUT2D eigenvalue weighted by molar-refractivity contribution is 6.19. The van der Waals surface area contributed by atoms with Crippen LogP contribution in [0.2, 0.25) is 0 Å². The van der Waals surface area contributed by atoms with Crippen LogP contribution in [-0.2, 0) is 0 Å². The number of furan rings is 2. The summed E-state index contributed by atoms with van der Waals surface area (Å²) >= 11 is 0. The van der Waals surface area contributed by atoms with E-state index in [0.29, 0.717) is 17.5 Å². The first-order valence-electron chi connectivity index (χ1n) is 20.8. The zero-order valence-corrected chi connectivity index (χ0v) is 33.2. The molecule has 0 fully saturated rings. The van der Waals surface area contributed by atoms with Crippen LogP contribution in [0.5, 0.6) is 0 Å². The molecule has 0 saturated carbocycles. The van der Waals surface area contributed by atoms with Gasteiger partial charge in [0.25, 0.3) is 0 Å². The van der Waals surface area contributed by atoms with Crippen LogP contribution < -0.4 is 0 Å². The maximum atomic E-state index is 6.36. The maximum absolute atomic E-state index is 6.36. The van der Waals surface area contributed by atoms with E-state index < -0.39 is 0 Å². The summed E-state index contributed by atoms with van der Waals surface area (Å²) in [4.78, 5) is 15.8. The topological polar surface area (TPSA) is 65.0 Å². The van der Waals surface area contributed by atoms with Crippen LogP contribution in [0.25, 0.3) is 133 Å². The van der Waals surface area contributed by atoms with E-state index in [1.165, 1.54) is 10.8 Å². The molecule has 0 amide bonds. The highest BCUT2D eigenvalue weighted by atomic mass is 16.3. The van der Waals surface area contributed by atoms with Crippen LogP contribution in [0.1, 0.15) is 0 Å². The zero-order chi connectivity index (χ0) is 40.7. The third kappa shape index (κ3) is 5.52. The normalized spacial score (nSPS) is 11.9. The smallest absolute Gasteiger partial charge is 0.164 e. The monoisotopic (exact) mass is 791 g/mol. The summed E-state index contributed by atoms with van der Waals surface area (Å²) < 4.78 is 12.7. The molecule has 5 nitrogen and oxygen atoms in total. The fourth-order valence-corrected chi connectivity index (χ4v) is 9.29. The van der Waals surface area contributed by atoms with Crippen LogP contribution in [-0.4, -0.2) is 15.0 Å². The third-order valence-corrected chi connectivity index (χ3v) is 12.3. The second kappa shape index (κ2) is 13.6. The maximum Gasteiger partial charge on any atom is 0.164 e. The predicted molar refractivity (Wildman–Crippen MR) is 254 cm³/mol. The minimum atomic E-state index is 0.590. The molecular formula is C57H33N3O2. The van der Waals surface area contributed by atoms with Gasteiger partial charge in [-0.05, 0) is 103 Å². The van der Waals surface area contributed by atoms with Gasteiger partial charge in [0.1, 0.15) is 22.3 Å². The van der Waals surface area contributed by atoms with Gasteiger partial charge in [-0.25, -0.2) is 15.0 Å². The van der Waals surface area contributed by atoms with Crippen molar-refractivity contribution in [1.29, 1.82) is 0 Å². The summed E-state index contributed by atoms with van der Waals surface area (Å²) in [5.74, 6) is 1.78. The van der Waals surface area contributed by atoms with Gasteiger partial charge in [-0.3, -0.25) is 0 Å². The first-order chi connectivity index (χ1) is 30.7. The van der Waals surface area contributed by atoms with Gasteiger partial charge in [0, 0.05) is 38.2 Å². The summed E-state index contributed by atoms with van der Waals surface area (Å²) in [7, 11) is 0. The molecule has 3 heterocycles. The molecule has 0 saturated heterocycles. The number of nitrogens with zero attached hydrogens (tertiary/aromatic N) is 3. The van der Waals surface area contributed by atoms with Crippen molar-refractivity contribution in [3.63, 3.8) is 0 Å². The average molecular weight is 792 g/mol. The molecule has 5 heteroatoms. The standard InChI is InChI=1S/C57H33N3O2/c1-2-11-38-30-39(26-22-34(38)10-1)35-20-24-37(25-21-35)55-58-56(41-27-23-36-28-29-52-54(47(36)32-41)46-15-6-8-18-50(46)62-52)60-57(59-55)42-31-40-12-3-4-13-43(40)48(33-42)44-16-9-19-51-53(44)45-14-5-7-17-49(45)61-51/h1-33H. The van der Waals surface area contributed by atoms with E-state index in [4.69, 9.17) is 23.8 Å². The molecule has 3 aromatic heterocycles. The lowest BCUT2D eigenvalue weighted by Crippen LogP contribution is -2.00. The van der Waals surface area contributed by atoms with Crippen molar-refractivity contribution in [2.75, 3.05) is 0 Å². The summed E-state index contributed by atoms with van der Waals surface area (Å²) in [6.45, 7) is 0. The molecule has 0 N–H and O–H groups in total. The largest absolute Gasteiger partial charge is 0.456 e. The molecule has 0 spiro atoms. The van der Waals surface area contributed by atoms with Crippen molar-refractivity contribution < 1.29 is 8.83 Å². The van der Waals surface area contributed by atoms with Gasteiger partial charge in [-0.1, -0.05) is 152 Å². The van der Waals surface area contributed by atoms with Gasteiger partial charge in [0.2, 0.25) is 0 Å². The van der Waals surface area contributed by atoms with Crippen molar-refractivity contribution >= 4 is 76.2 Å². The molecule has 288 valence electrons. The average Bonchev–Trinajstić information content (AvgIpc) is 3.92. The van der Waals surface area contributed by atoms with Gasteiger partial charge in [-0.15, -0.1) is 0 Å². The van der Waals surface area contributed by atoms with E-state index in [1.54, 1.807) is 0 Å². The molecule has 0 aliphatic carbocycles. The molecule has 13 rings (SSSR count). The summed E-state index contributed by atoms with van der Waals surface area (Å²) in [6.07, 6.45) is 0. The number of rotatable bonds is 5. The lowest BCUT2D eigenvalue weighted by Gasteiger charge is -2.13. The lowest BCUT2D eigenvalue weighted by molar-refractivity contribution is 0.668. The lowest BCUT2D eigenvalue weighted by atomic mass is 9.92. The molecular weight excluding hydrogens is 759 g/mol. The number of benzene rings is 10. The minimum Gasteiger partial charge on any atom is -0.456 e. The van der Waals surface area contributed by atoms with Crippen LogP contribution in [0.3, 0.4) is 0 Å². The summed E-state index contributed by atoms with van der Waals surface area (Å²) in [5.41, 5.74) is 10.6. The Hall–Kier alpha value is -8.41. The van der Waals surface area contributed by atoms with Crippen molar-refractivity contribution in [2.45, 2.75) is 0 Å². The first kappa shape index (κ1) is 34.5. The second-order valence-corrected chi connectivity index (χ2v) is 15.9. The third-order valence-electron chi connectivity index (χ3n) is 12.3. The molecule has 62 heavy (non-hydrogen) atoms. The highest BCUT2D eigenvalue weighted by Gasteiger charge is 2.19. The first-order valence-corrected chi connectivity index (χ1v) is 20.8. The van der Waals surface area contributed by atoms with Gasteiger partial charge in [0.05, 0.1) is 0 Å². The Morgan fingerprint density at radius 1 is 0.258 bits per heavy atom. The van der Waals surface area contributed by atoms with Crippen molar-refractivity contribution in [1.82, 2.24) is 15.0 Å². The van der Waals surface area contributed by atoms with Crippen LogP contribution >= 0.6 is 0 Å². The molecule has 0 aliphatic rings. The molecule has 0 unspecified atom stereocenters. The SMILES string of the molecule is c1ccc2cc(-c3ccc(-c4nc(-c5cc(-c6cccc7oc8ccccc8c67)c6ccccc6c5)nc(-c5ccc6ccc7oc8ccccc8c7c6c5)n4)cc3)ccc2c1. The molecule has 13 aromatic rings. The Balaban J connectivity index is 1.02. The van der Waals surface area contributed by atoms with E-state index in [0.717, 1.165) is 104 Å². The zero-order valence-electron chi connectivity index (χ0n) is 33.2. The predicted octanol–water partition coefficient (Wildman–Crippen LogP) is 15.5. The molecule has 10 aromatic carbocycles. The minimum absolute atomic E-state index is 0.590. The number of aromatic nitrogens is 3. The fraction of sp³-hybridized carbons (Fsp3) is 0. The Labute approximate surface area is 355 Å². The van der Waals surface area contributed by atoms with E-state index >= 15 is 0 Å².